The van der Waals surface area contributed by atoms with Gasteiger partial charge in [-0.3, -0.25) is 14.4 Å². The Morgan fingerprint density at radius 3 is 2.66 bits per heavy atom. The normalized spacial score (nSPS) is 15.9. The molecular weight excluding hydrogens is 372 g/mol. The van der Waals surface area contributed by atoms with Crippen molar-refractivity contribution < 1.29 is 23.9 Å². The van der Waals surface area contributed by atoms with Crippen LogP contribution in [0.15, 0.2) is 36.4 Å². The lowest BCUT2D eigenvalue weighted by atomic mass is 10.1. The fourth-order valence-corrected chi connectivity index (χ4v) is 3.48. The van der Waals surface area contributed by atoms with E-state index >= 15 is 0 Å². The average Bonchev–Trinajstić information content (AvgIpc) is 3.34. The van der Waals surface area contributed by atoms with Gasteiger partial charge in [0, 0.05) is 35.7 Å². The predicted molar refractivity (Wildman–Crippen MR) is 107 cm³/mol. The van der Waals surface area contributed by atoms with Crippen LogP contribution in [0.2, 0.25) is 0 Å². The van der Waals surface area contributed by atoms with E-state index in [9.17, 15) is 14.4 Å². The topological polar surface area (TPSA) is 86.6 Å². The van der Waals surface area contributed by atoms with Crippen molar-refractivity contribution in [3.63, 3.8) is 0 Å². The van der Waals surface area contributed by atoms with Crippen molar-refractivity contribution in [2.24, 2.45) is 0 Å². The summed E-state index contributed by atoms with van der Waals surface area (Å²) in [6.07, 6.45) is 2.26. The van der Waals surface area contributed by atoms with E-state index in [1.807, 2.05) is 19.9 Å². The number of Topliss-reactive ketones (excluding diaryl/α,β-unsaturated/α-hetero) is 1. The van der Waals surface area contributed by atoms with Gasteiger partial charge in [0.1, 0.15) is 6.54 Å². The molecule has 1 N–H and O–H groups in total. The summed E-state index contributed by atoms with van der Waals surface area (Å²) in [4.78, 5) is 36.4. The second-order valence-corrected chi connectivity index (χ2v) is 7.16. The van der Waals surface area contributed by atoms with Crippen LogP contribution in [0.1, 0.15) is 44.9 Å². The van der Waals surface area contributed by atoms with Crippen molar-refractivity contribution in [2.45, 2.75) is 39.3 Å². The van der Waals surface area contributed by atoms with Crippen LogP contribution in [-0.4, -0.2) is 48.1 Å². The predicted octanol–water partition coefficient (Wildman–Crippen LogP) is 2.44. The molecule has 0 spiro atoms. The van der Waals surface area contributed by atoms with Crippen LogP contribution in [0.4, 0.5) is 0 Å². The molecule has 1 saturated heterocycles. The van der Waals surface area contributed by atoms with Crippen LogP contribution in [-0.2, 0) is 20.8 Å². The first-order valence-electron chi connectivity index (χ1n) is 9.76. The molecule has 0 aliphatic carbocycles. The number of hydrogen-bond donors (Lipinski definition) is 1. The molecule has 1 aromatic heterocycles. The summed E-state index contributed by atoms with van der Waals surface area (Å²) in [7, 11) is 0. The molecule has 2 heterocycles. The summed E-state index contributed by atoms with van der Waals surface area (Å²) in [6.45, 7) is 4.69. The van der Waals surface area contributed by atoms with Crippen molar-refractivity contribution >= 4 is 17.7 Å². The third kappa shape index (κ3) is 5.32. The quantitative estimate of drug-likeness (QED) is 0.545. The second kappa shape index (κ2) is 9.52. The Labute approximate surface area is 170 Å². The van der Waals surface area contributed by atoms with Crippen LogP contribution in [0.25, 0.3) is 0 Å². The van der Waals surface area contributed by atoms with Crippen LogP contribution in [0.3, 0.4) is 0 Å². The van der Waals surface area contributed by atoms with E-state index in [-0.39, 0.29) is 30.9 Å². The number of hydrogen-bond acceptors (Lipinski definition) is 5. The number of ketones is 1. The van der Waals surface area contributed by atoms with Gasteiger partial charge in [0.25, 0.3) is 5.91 Å². The van der Waals surface area contributed by atoms with Crippen LogP contribution < -0.4 is 5.32 Å². The van der Waals surface area contributed by atoms with Gasteiger partial charge < -0.3 is 19.4 Å². The molecule has 0 saturated carbocycles. The van der Waals surface area contributed by atoms with Gasteiger partial charge in [0.15, 0.2) is 6.61 Å². The van der Waals surface area contributed by atoms with Crippen LogP contribution >= 0.6 is 0 Å². The molecule has 1 atom stereocenters. The Morgan fingerprint density at radius 1 is 1.21 bits per heavy atom. The number of carbonyl (C=O) groups excluding carboxylic acids is 3. The van der Waals surface area contributed by atoms with Crippen molar-refractivity contribution in [1.29, 1.82) is 0 Å². The highest BCUT2D eigenvalue weighted by Gasteiger charge is 2.21. The van der Waals surface area contributed by atoms with E-state index in [1.165, 1.54) is 0 Å². The summed E-state index contributed by atoms with van der Waals surface area (Å²) in [5.41, 5.74) is 2.82. The van der Waals surface area contributed by atoms with Gasteiger partial charge in [-0.2, -0.15) is 0 Å². The highest BCUT2D eigenvalue weighted by atomic mass is 16.5. The minimum absolute atomic E-state index is 0.175. The molecule has 0 radical (unpaired) electrons. The van der Waals surface area contributed by atoms with Crippen molar-refractivity contribution in [3.8, 4) is 0 Å². The molecule has 2 aromatic rings. The van der Waals surface area contributed by atoms with Crippen LogP contribution in [0.5, 0.6) is 0 Å². The van der Waals surface area contributed by atoms with E-state index in [2.05, 4.69) is 9.88 Å². The molecule has 0 unspecified atom stereocenters. The first kappa shape index (κ1) is 20.8. The van der Waals surface area contributed by atoms with Gasteiger partial charge in [0.2, 0.25) is 5.78 Å². The number of esters is 1. The summed E-state index contributed by atoms with van der Waals surface area (Å²) in [6, 6.07) is 10.4. The van der Waals surface area contributed by atoms with E-state index in [1.54, 1.807) is 30.3 Å². The highest BCUT2D eigenvalue weighted by molar-refractivity contribution is 6.00. The minimum Gasteiger partial charge on any atom is -0.456 e. The zero-order valence-electron chi connectivity index (χ0n) is 16.8. The van der Waals surface area contributed by atoms with Gasteiger partial charge in [-0.15, -0.1) is 0 Å². The summed E-state index contributed by atoms with van der Waals surface area (Å²) >= 11 is 0. The number of nitrogens with one attached hydrogen (secondary N) is 1. The molecule has 1 aliphatic rings. The number of carbonyl (C=O) groups is 3. The van der Waals surface area contributed by atoms with Gasteiger partial charge in [-0.1, -0.05) is 18.2 Å². The lowest BCUT2D eigenvalue weighted by Crippen LogP contribution is -2.31. The maximum absolute atomic E-state index is 12.5. The Bertz CT molecular complexity index is 882. The lowest BCUT2D eigenvalue weighted by molar-refractivity contribution is -0.141. The van der Waals surface area contributed by atoms with Crippen molar-refractivity contribution in [3.05, 3.63) is 58.9 Å². The third-order valence-electron chi connectivity index (χ3n) is 5.08. The minimum atomic E-state index is -0.657. The number of aryl methyl sites for hydroxylation is 1. The van der Waals surface area contributed by atoms with Crippen LogP contribution in [0, 0.1) is 13.8 Å². The smallest absolute Gasteiger partial charge is 0.325 e. The maximum Gasteiger partial charge on any atom is 0.325 e. The van der Waals surface area contributed by atoms with Gasteiger partial charge in [-0.25, -0.2) is 0 Å². The molecular formula is C22H26N2O5. The van der Waals surface area contributed by atoms with E-state index in [4.69, 9.17) is 9.47 Å². The SMILES string of the molecule is Cc1cc(C(=O)COC(=O)CNC(=O)c2ccccc2)c(C)n1C[C@@H]1CCCO1. The maximum atomic E-state index is 12.5. The first-order chi connectivity index (χ1) is 14.0. The fourth-order valence-electron chi connectivity index (χ4n) is 3.48. The third-order valence-corrected chi connectivity index (χ3v) is 5.08. The summed E-state index contributed by atoms with van der Waals surface area (Å²) < 4.78 is 12.8. The molecule has 7 nitrogen and oxygen atoms in total. The van der Waals surface area contributed by atoms with Crippen molar-refractivity contribution in [2.75, 3.05) is 19.8 Å². The fraction of sp³-hybridized carbons (Fsp3) is 0.409. The first-order valence-corrected chi connectivity index (χ1v) is 9.76. The van der Waals surface area contributed by atoms with Gasteiger partial charge in [0.05, 0.1) is 6.10 Å². The number of rotatable bonds is 8. The van der Waals surface area contributed by atoms with E-state index < -0.39 is 5.97 Å². The largest absolute Gasteiger partial charge is 0.456 e. The summed E-state index contributed by atoms with van der Waals surface area (Å²) in [5, 5.41) is 2.48. The monoisotopic (exact) mass is 398 g/mol. The zero-order chi connectivity index (χ0) is 20.8. The van der Waals surface area contributed by atoms with E-state index in [0.29, 0.717) is 11.1 Å². The Hall–Kier alpha value is -2.93. The van der Waals surface area contributed by atoms with Gasteiger partial charge >= 0.3 is 5.97 Å². The second-order valence-electron chi connectivity index (χ2n) is 7.16. The molecule has 1 aromatic carbocycles. The zero-order valence-corrected chi connectivity index (χ0v) is 16.8. The molecule has 0 bridgehead atoms. The molecule has 29 heavy (non-hydrogen) atoms. The van der Waals surface area contributed by atoms with Crippen molar-refractivity contribution in [1.82, 2.24) is 9.88 Å². The standard InChI is InChI=1S/C22H26N2O5/c1-15-11-19(16(2)24(15)13-18-9-6-10-28-18)20(25)14-29-21(26)12-23-22(27)17-7-4-3-5-8-17/h3-5,7-8,11,18H,6,9-10,12-14H2,1-2H3,(H,23,27)/t18-/m0/s1. The molecule has 1 amide bonds. The lowest BCUT2D eigenvalue weighted by Gasteiger charge is -2.14. The Morgan fingerprint density at radius 2 is 1.97 bits per heavy atom. The number of benzene rings is 1. The molecule has 1 aliphatic heterocycles. The van der Waals surface area contributed by atoms with E-state index in [0.717, 1.165) is 37.4 Å². The Kier molecular flexibility index (Phi) is 6.82. The highest BCUT2D eigenvalue weighted by Crippen LogP contribution is 2.20. The number of amides is 1. The molecule has 1 fully saturated rings. The summed E-state index contributed by atoms with van der Waals surface area (Å²) in [5.74, 6) is -1.29. The molecule has 7 heteroatoms. The number of ether oxygens (including phenoxy) is 2. The Balaban J connectivity index is 1.50. The molecule has 154 valence electrons. The average molecular weight is 398 g/mol. The molecule has 3 rings (SSSR count). The van der Waals surface area contributed by atoms with Gasteiger partial charge in [-0.05, 0) is 44.9 Å². The number of nitrogens with zero attached hydrogens (tertiary/aromatic N) is 1. The number of aromatic nitrogens is 1.